The molecule has 206 valence electrons. The number of anilines is 1. The molecule has 1 saturated heterocycles. The van der Waals surface area contributed by atoms with Gasteiger partial charge in [0.25, 0.3) is 23.5 Å². The van der Waals surface area contributed by atoms with Gasteiger partial charge in [0.1, 0.15) is 5.82 Å². The fourth-order valence-electron chi connectivity index (χ4n) is 4.55. The minimum absolute atomic E-state index is 0.111. The summed E-state index contributed by atoms with van der Waals surface area (Å²) in [5, 5.41) is 3.01. The zero-order chi connectivity index (χ0) is 28.6. The molecule has 5 rings (SSSR count). The number of carbonyl (C=O) groups is 4. The largest absolute Gasteiger partial charge is 0.360 e. The molecule has 0 spiro atoms. The second-order valence-corrected chi connectivity index (χ2v) is 11.6. The highest BCUT2D eigenvalue weighted by Gasteiger charge is 2.31. The Morgan fingerprint density at radius 3 is 2.27 bits per heavy atom. The summed E-state index contributed by atoms with van der Waals surface area (Å²) in [5.74, 6) is -3.08. The van der Waals surface area contributed by atoms with E-state index in [2.05, 4.69) is 15.3 Å². The summed E-state index contributed by atoms with van der Waals surface area (Å²) in [5.41, 5.74) is 0.494. The van der Waals surface area contributed by atoms with Crippen LogP contribution in [-0.2, 0) is 10.2 Å². The molecule has 1 fully saturated rings. The van der Waals surface area contributed by atoms with E-state index in [-0.39, 0.29) is 59.5 Å². The van der Waals surface area contributed by atoms with Crippen molar-refractivity contribution in [1.82, 2.24) is 19.8 Å². The van der Waals surface area contributed by atoms with Crippen LogP contribution in [0.2, 0.25) is 0 Å². The fourth-order valence-corrected chi connectivity index (χ4v) is 5.42. The summed E-state index contributed by atoms with van der Waals surface area (Å²) in [6.07, 6.45) is 2.95. The van der Waals surface area contributed by atoms with Crippen LogP contribution >= 0.6 is 11.3 Å². The third-order valence-corrected chi connectivity index (χ3v) is 8.15. The highest BCUT2D eigenvalue weighted by Crippen LogP contribution is 2.31. The highest BCUT2D eigenvalue weighted by atomic mass is 32.1. The molecule has 3 amide bonds. The van der Waals surface area contributed by atoms with Gasteiger partial charge in [-0.2, -0.15) is 0 Å². The van der Waals surface area contributed by atoms with E-state index >= 15 is 0 Å². The number of amides is 3. The number of thiazole rings is 1. The number of benzene rings is 2. The Bertz CT molecular complexity index is 1610. The molecular weight excluding hydrogens is 533 g/mol. The number of piperazine rings is 1. The molecular formula is C29H28FN5O4S. The summed E-state index contributed by atoms with van der Waals surface area (Å²) in [4.78, 5) is 63.1. The molecule has 11 heteroatoms. The van der Waals surface area contributed by atoms with Crippen molar-refractivity contribution in [1.29, 1.82) is 0 Å². The SMILES string of the molecule is CC(C)(C)c1cnc(NC(=O)c2ccc(F)c3c(C(=O)C(=O)N4CCN(C(=O)c5ccccc5)CC4)c[nH]c23)s1. The predicted molar refractivity (Wildman–Crippen MR) is 150 cm³/mol. The van der Waals surface area contributed by atoms with Gasteiger partial charge in [0, 0.05) is 54.4 Å². The maximum Gasteiger partial charge on any atom is 0.295 e. The minimum atomic E-state index is -0.889. The molecule has 0 atom stereocenters. The monoisotopic (exact) mass is 561 g/mol. The van der Waals surface area contributed by atoms with E-state index in [0.29, 0.717) is 10.7 Å². The van der Waals surface area contributed by atoms with Gasteiger partial charge in [-0.15, -0.1) is 11.3 Å². The molecule has 0 radical (unpaired) electrons. The van der Waals surface area contributed by atoms with Gasteiger partial charge < -0.3 is 14.8 Å². The number of hydrogen-bond acceptors (Lipinski definition) is 6. The van der Waals surface area contributed by atoms with Crippen LogP contribution in [0.4, 0.5) is 9.52 Å². The number of nitrogens with zero attached hydrogens (tertiary/aromatic N) is 3. The van der Waals surface area contributed by atoms with Gasteiger partial charge in [0.05, 0.1) is 16.6 Å². The number of H-pyrrole nitrogens is 1. The average molecular weight is 562 g/mol. The molecule has 2 N–H and O–H groups in total. The fraction of sp³-hybridized carbons (Fsp3) is 0.276. The molecule has 1 aliphatic rings. The van der Waals surface area contributed by atoms with Crippen LogP contribution in [0.25, 0.3) is 10.9 Å². The molecule has 2 aromatic heterocycles. The van der Waals surface area contributed by atoms with Gasteiger partial charge in [-0.05, 0) is 29.7 Å². The lowest BCUT2D eigenvalue weighted by Crippen LogP contribution is -2.52. The number of Topliss-reactive ketones (excluding diaryl/α,β-unsaturated/α-hetero) is 1. The molecule has 4 aromatic rings. The topological polar surface area (TPSA) is 115 Å². The van der Waals surface area contributed by atoms with Gasteiger partial charge in [0.2, 0.25) is 0 Å². The smallest absolute Gasteiger partial charge is 0.295 e. The maximum atomic E-state index is 15.0. The molecule has 1 aliphatic heterocycles. The first-order valence-electron chi connectivity index (χ1n) is 12.8. The summed E-state index contributed by atoms with van der Waals surface area (Å²) >= 11 is 1.35. The summed E-state index contributed by atoms with van der Waals surface area (Å²) < 4.78 is 15.0. The Morgan fingerprint density at radius 1 is 0.950 bits per heavy atom. The van der Waals surface area contributed by atoms with Crippen molar-refractivity contribution in [3.8, 4) is 0 Å². The molecule has 0 saturated carbocycles. The second-order valence-electron chi connectivity index (χ2n) is 10.6. The molecule has 0 bridgehead atoms. The average Bonchev–Trinajstić information content (AvgIpc) is 3.61. The quantitative estimate of drug-likeness (QED) is 0.275. The molecule has 0 aliphatic carbocycles. The van der Waals surface area contributed by atoms with Gasteiger partial charge in [0.15, 0.2) is 5.13 Å². The number of fused-ring (bicyclic) bond motifs is 1. The first-order valence-corrected chi connectivity index (χ1v) is 13.6. The van der Waals surface area contributed by atoms with Crippen molar-refractivity contribution in [2.45, 2.75) is 26.2 Å². The lowest BCUT2D eigenvalue weighted by atomic mass is 9.96. The number of rotatable bonds is 5. The lowest BCUT2D eigenvalue weighted by Gasteiger charge is -2.34. The van der Waals surface area contributed by atoms with Gasteiger partial charge >= 0.3 is 0 Å². The van der Waals surface area contributed by atoms with Crippen LogP contribution < -0.4 is 5.32 Å². The Kier molecular flexibility index (Phi) is 7.24. The van der Waals surface area contributed by atoms with E-state index in [4.69, 9.17) is 0 Å². The number of ketones is 1. The normalized spacial score (nSPS) is 13.9. The number of aromatic amines is 1. The Morgan fingerprint density at radius 2 is 1.62 bits per heavy atom. The van der Waals surface area contributed by atoms with Crippen LogP contribution in [0.5, 0.6) is 0 Å². The summed E-state index contributed by atoms with van der Waals surface area (Å²) in [7, 11) is 0. The summed E-state index contributed by atoms with van der Waals surface area (Å²) in [6.45, 7) is 7.01. The van der Waals surface area contributed by atoms with Gasteiger partial charge in [-0.1, -0.05) is 39.0 Å². The molecule has 0 unspecified atom stereocenters. The summed E-state index contributed by atoms with van der Waals surface area (Å²) in [6, 6.07) is 11.3. The van der Waals surface area contributed by atoms with Crippen molar-refractivity contribution in [2.75, 3.05) is 31.5 Å². The number of aromatic nitrogens is 2. The number of halogens is 1. The van der Waals surface area contributed by atoms with E-state index < -0.39 is 23.4 Å². The van der Waals surface area contributed by atoms with Crippen molar-refractivity contribution < 1.29 is 23.6 Å². The number of nitrogens with one attached hydrogen (secondary N) is 2. The second kappa shape index (κ2) is 10.6. The van der Waals surface area contributed by atoms with E-state index in [1.54, 1.807) is 35.4 Å². The number of carbonyl (C=O) groups excluding carboxylic acids is 4. The third-order valence-electron chi connectivity index (χ3n) is 6.81. The minimum Gasteiger partial charge on any atom is -0.360 e. The number of hydrogen-bond donors (Lipinski definition) is 2. The van der Waals surface area contributed by atoms with Crippen LogP contribution in [-0.4, -0.2) is 69.5 Å². The Labute approximate surface area is 234 Å². The molecule has 3 heterocycles. The first-order chi connectivity index (χ1) is 19.0. The van der Waals surface area contributed by atoms with E-state index in [9.17, 15) is 23.6 Å². The molecule has 40 heavy (non-hydrogen) atoms. The van der Waals surface area contributed by atoms with Crippen molar-refractivity contribution in [2.24, 2.45) is 0 Å². The maximum absolute atomic E-state index is 15.0. The molecule has 9 nitrogen and oxygen atoms in total. The standard InChI is InChI=1S/C29H28FN5O4S/c1-29(2,3)21-16-32-28(40-21)33-25(37)18-9-10-20(30)22-19(15-31-23(18)22)24(36)27(39)35-13-11-34(12-14-35)26(38)17-7-5-4-6-8-17/h4-10,15-16,31H,11-14H2,1-3H3,(H,32,33,37). The third kappa shape index (κ3) is 5.24. The van der Waals surface area contributed by atoms with Crippen LogP contribution in [0, 0.1) is 5.82 Å². The van der Waals surface area contributed by atoms with Crippen LogP contribution in [0.1, 0.15) is 56.7 Å². The Balaban J connectivity index is 1.31. The van der Waals surface area contributed by atoms with E-state index in [0.717, 1.165) is 10.9 Å². The van der Waals surface area contributed by atoms with Crippen LogP contribution in [0.15, 0.2) is 54.9 Å². The highest BCUT2D eigenvalue weighted by molar-refractivity contribution is 7.15. The lowest BCUT2D eigenvalue weighted by molar-refractivity contribution is -0.127. The Hall–Kier alpha value is -4.38. The predicted octanol–water partition coefficient (Wildman–Crippen LogP) is 4.48. The first kappa shape index (κ1) is 27.2. The zero-order valence-electron chi connectivity index (χ0n) is 22.3. The van der Waals surface area contributed by atoms with Crippen LogP contribution in [0.3, 0.4) is 0 Å². The molecule has 2 aromatic carbocycles. The van der Waals surface area contributed by atoms with E-state index in [1.807, 2.05) is 26.8 Å². The zero-order valence-corrected chi connectivity index (χ0v) is 23.1. The van der Waals surface area contributed by atoms with Gasteiger partial charge in [-0.25, -0.2) is 9.37 Å². The van der Waals surface area contributed by atoms with E-state index in [1.165, 1.54) is 28.5 Å². The van der Waals surface area contributed by atoms with Crippen molar-refractivity contribution in [3.63, 3.8) is 0 Å². The van der Waals surface area contributed by atoms with Gasteiger partial charge in [-0.3, -0.25) is 24.5 Å². The van der Waals surface area contributed by atoms with Crippen molar-refractivity contribution in [3.05, 3.63) is 82.2 Å². The van der Waals surface area contributed by atoms with Crippen molar-refractivity contribution >= 4 is 50.9 Å².